The zero-order valence-electron chi connectivity index (χ0n) is 14.2. The third-order valence-electron chi connectivity index (χ3n) is 5.84. The third kappa shape index (κ3) is 2.06. The Morgan fingerprint density at radius 1 is 1.00 bits per heavy atom. The van der Waals surface area contributed by atoms with Crippen molar-refractivity contribution in [1.29, 1.82) is 5.26 Å². The van der Waals surface area contributed by atoms with E-state index in [-0.39, 0.29) is 17.9 Å². The van der Waals surface area contributed by atoms with Crippen LogP contribution in [0, 0.1) is 29.0 Å². The van der Waals surface area contributed by atoms with Crippen molar-refractivity contribution in [3.63, 3.8) is 0 Å². The summed E-state index contributed by atoms with van der Waals surface area (Å²) in [6.45, 7) is 0. The molecule has 3 heterocycles. The summed E-state index contributed by atoms with van der Waals surface area (Å²) >= 11 is 0. The third-order valence-corrected chi connectivity index (χ3v) is 5.84. The van der Waals surface area contributed by atoms with Crippen molar-refractivity contribution in [1.82, 2.24) is 0 Å². The maximum absolute atomic E-state index is 13.3. The topological polar surface area (TPSA) is 65.6 Å². The van der Waals surface area contributed by atoms with Gasteiger partial charge in [0.25, 0.3) is 0 Å². The molecule has 1 N–H and O–H groups in total. The van der Waals surface area contributed by atoms with Gasteiger partial charge >= 0.3 is 0 Å². The van der Waals surface area contributed by atoms with Gasteiger partial charge < -0.3 is 0 Å². The van der Waals surface area contributed by atoms with Gasteiger partial charge in [0.1, 0.15) is 29.8 Å². The first-order valence-electron chi connectivity index (χ1n) is 8.78. The summed E-state index contributed by atoms with van der Waals surface area (Å²) < 4.78 is 13.3. The minimum atomic E-state index is -0.705. The molecule has 5 rings (SSSR count). The van der Waals surface area contributed by atoms with Gasteiger partial charge in [0.2, 0.25) is 11.8 Å². The lowest BCUT2D eigenvalue weighted by atomic mass is 9.85. The molecular formula is C21H15FN3O2+. The van der Waals surface area contributed by atoms with Crippen LogP contribution in [0.4, 0.5) is 10.1 Å². The SMILES string of the molecule is N#C[C@@H]1[C@@H]2C(=O)N(c3ccc(F)cc3)C(=O)[C@@H]2[C@@H]2c3ccccc3C=C[NH+]12. The molecule has 3 aliphatic heterocycles. The number of hydrogen-bond donors (Lipinski definition) is 1. The molecule has 27 heavy (non-hydrogen) atoms. The van der Waals surface area contributed by atoms with E-state index in [1.54, 1.807) is 0 Å². The second kappa shape index (κ2) is 5.60. The fraction of sp³-hybridized carbons (Fsp3) is 0.190. The summed E-state index contributed by atoms with van der Waals surface area (Å²) in [7, 11) is 0. The lowest BCUT2D eigenvalue weighted by Crippen LogP contribution is -3.10. The highest BCUT2D eigenvalue weighted by atomic mass is 19.1. The van der Waals surface area contributed by atoms with Crippen LogP contribution in [-0.4, -0.2) is 17.9 Å². The summed E-state index contributed by atoms with van der Waals surface area (Å²) in [5.74, 6) is -2.44. The average Bonchev–Trinajstić information content (AvgIpc) is 3.15. The van der Waals surface area contributed by atoms with Crippen molar-refractivity contribution in [3.05, 3.63) is 71.7 Å². The van der Waals surface area contributed by atoms with Gasteiger partial charge in [-0.1, -0.05) is 24.3 Å². The number of halogens is 1. The van der Waals surface area contributed by atoms with E-state index in [0.29, 0.717) is 5.69 Å². The summed E-state index contributed by atoms with van der Waals surface area (Å²) in [6.07, 6.45) is 3.83. The van der Waals surface area contributed by atoms with Gasteiger partial charge in [-0.25, -0.2) is 9.29 Å². The Morgan fingerprint density at radius 2 is 1.70 bits per heavy atom. The molecule has 6 heteroatoms. The van der Waals surface area contributed by atoms with Crippen LogP contribution in [0.1, 0.15) is 17.2 Å². The van der Waals surface area contributed by atoms with Crippen LogP contribution >= 0.6 is 0 Å². The zero-order valence-corrected chi connectivity index (χ0v) is 14.2. The van der Waals surface area contributed by atoms with Crippen molar-refractivity contribution in [3.8, 4) is 6.07 Å². The molecule has 2 amide bonds. The molecular weight excluding hydrogens is 345 g/mol. The molecule has 2 fully saturated rings. The highest BCUT2D eigenvalue weighted by molar-refractivity contribution is 6.22. The Hall–Kier alpha value is -3.30. The Balaban J connectivity index is 1.63. The smallest absolute Gasteiger partial charge is 0.245 e. The molecule has 0 spiro atoms. The maximum atomic E-state index is 13.3. The Bertz CT molecular complexity index is 1040. The number of benzene rings is 2. The van der Waals surface area contributed by atoms with Crippen molar-refractivity contribution in [2.45, 2.75) is 12.1 Å². The molecule has 3 aliphatic rings. The zero-order chi connectivity index (χ0) is 18.7. The number of nitrogens with one attached hydrogen (secondary N) is 1. The van der Waals surface area contributed by atoms with E-state index in [1.165, 1.54) is 24.3 Å². The summed E-state index contributed by atoms with van der Waals surface area (Å²) in [6, 6.07) is 14.4. The van der Waals surface area contributed by atoms with Crippen molar-refractivity contribution < 1.29 is 18.9 Å². The highest BCUT2D eigenvalue weighted by Gasteiger charge is 2.66. The minimum Gasteiger partial charge on any atom is -0.287 e. The maximum Gasteiger partial charge on any atom is 0.245 e. The Kier molecular flexibility index (Phi) is 3.30. The van der Waals surface area contributed by atoms with Crippen LogP contribution in [-0.2, 0) is 9.59 Å². The van der Waals surface area contributed by atoms with E-state index in [4.69, 9.17) is 0 Å². The minimum absolute atomic E-state index is 0.275. The molecule has 2 aromatic carbocycles. The lowest BCUT2D eigenvalue weighted by molar-refractivity contribution is -0.885. The molecule has 0 saturated carbocycles. The normalized spacial score (nSPS) is 30.7. The number of quaternary nitrogens is 1. The summed E-state index contributed by atoms with van der Waals surface area (Å²) in [5.41, 5.74) is 2.33. The van der Waals surface area contributed by atoms with Gasteiger partial charge in [0.15, 0.2) is 6.04 Å². The van der Waals surface area contributed by atoms with Gasteiger partial charge in [-0.2, -0.15) is 5.26 Å². The fourth-order valence-corrected chi connectivity index (χ4v) is 4.73. The number of nitriles is 1. The van der Waals surface area contributed by atoms with Crippen LogP contribution in [0.15, 0.2) is 54.7 Å². The first-order valence-corrected chi connectivity index (χ1v) is 8.78. The quantitative estimate of drug-likeness (QED) is 0.783. The van der Waals surface area contributed by atoms with Crippen LogP contribution in [0.3, 0.4) is 0 Å². The molecule has 5 nitrogen and oxygen atoms in total. The second-order valence-electron chi connectivity index (χ2n) is 7.09. The molecule has 2 saturated heterocycles. The van der Waals surface area contributed by atoms with Gasteiger partial charge in [-0.3, -0.25) is 14.5 Å². The second-order valence-corrected chi connectivity index (χ2v) is 7.09. The van der Waals surface area contributed by atoms with Crippen LogP contribution in [0.25, 0.3) is 6.08 Å². The number of carbonyl (C=O) groups excluding carboxylic acids is 2. The van der Waals surface area contributed by atoms with Crippen molar-refractivity contribution in [2.75, 3.05) is 4.90 Å². The Labute approximate surface area is 154 Å². The molecule has 2 aromatic rings. The molecule has 0 aromatic heterocycles. The van der Waals surface area contributed by atoms with E-state index < -0.39 is 23.7 Å². The number of anilines is 1. The summed E-state index contributed by atoms with van der Waals surface area (Å²) in [4.78, 5) is 28.4. The van der Waals surface area contributed by atoms with E-state index in [1.807, 2.05) is 36.5 Å². The number of carbonyl (C=O) groups is 2. The number of nitrogens with zero attached hydrogens (tertiary/aromatic N) is 2. The van der Waals surface area contributed by atoms with E-state index in [9.17, 15) is 19.2 Å². The first kappa shape index (κ1) is 15.9. The fourth-order valence-electron chi connectivity index (χ4n) is 4.73. The molecule has 0 radical (unpaired) electrons. The Morgan fingerprint density at radius 3 is 2.44 bits per heavy atom. The average molecular weight is 360 g/mol. The van der Waals surface area contributed by atoms with E-state index >= 15 is 0 Å². The van der Waals surface area contributed by atoms with Crippen LogP contribution < -0.4 is 9.80 Å². The molecule has 1 unspecified atom stereocenters. The molecule has 132 valence electrons. The molecule has 0 aliphatic carbocycles. The van der Waals surface area contributed by atoms with Gasteiger partial charge in [-0.15, -0.1) is 0 Å². The van der Waals surface area contributed by atoms with Crippen molar-refractivity contribution in [2.24, 2.45) is 11.8 Å². The lowest BCUT2D eigenvalue weighted by Gasteiger charge is -2.28. The summed E-state index contributed by atoms with van der Waals surface area (Å²) in [5, 5.41) is 9.76. The van der Waals surface area contributed by atoms with E-state index in [2.05, 4.69) is 6.07 Å². The van der Waals surface area contributed by atoms with Crippen LogP contribution in [0.5, 0.6) is 0 Å². The number of rotatable bonds is 1. The van der Waals surface area contributed by atoms with Crippen molar-refractivity contribution >= 4 is 23.6 Å². The predicted octanol–water partition coefficient (Wildman–Crippen LogP) is 1.45. The molecule has 0 bridgehead atoms. The van der Waals surface area contributed by atoms with E-state index in [0.717, 1.165) is 20.9 Å². The van der Waals surface area contributed by atoms with Gasteiger partial charge in [0, 0.05) is 5.56 Å². The van der Waals surface area contributed by atoms with Gasteiger partial charge in [0.05, 0.1) is 11.9 Å². The largest absolute Gasteiger partial charge is 0.287 e. The van der Waals surface area contributed by atoms with Crippen LogP contribution in [0.2, 0.25) is 0 Å². The number of fused-ring (bicyclic) bond motifs is 5. The predicted molar refractivity (Wildman–Crippen MR) is 94.5 cm³/mol. The molecule has 5 atom stereocenters. The monoisotopic (exact) mass is 360 g/mol. The first-order chi connectivity index (χ1) is 13.1. The number of hydrogen-bond acceptors (Lipinski definition) is 3. The highest BCUT2D eigenvalue weighted by Crippen LogP contribution is 2.44. The standard InChI is InChI=1S/C21H14FN3O2/c22-13-5-7-14(8-6-13)25-20(26)17-16(11-23)24-10-9-12-3-1-2-4-15(12)19(24)18(17)21(25)27/h1-10,16-19H/p+1/t16-,17+,18+,19+/m1/s1. The number of amides is 2. The van der Waals surface area contributed by atoms with Gasteiger partial charge in [-0.05, 0) is 35.9 Å². The number of imide groups is 1.